The third-order valence-electron chi connectivity index (χ3n) is 4.83. The first-order chi connectivity index (χ1) is 13.7. The lowest BCUT2D eigenvalue weighted by Crippen LogP contribution is -2.38. The highest BCUT2D eigenvalue weighted by Gasteiger charge is 2.25. The average molecular weight is 397 g/mol. The van der Waals surface area contributed by atoms with Crippen molar-refractivity contribution in [1.29, 1.82) is 0 Å². The van der Waals surface area contributed by atoms with Crippen molar-refractivity contribution in [2.24, 2.45) is 0 Å². The number of aromatic amines is 1. The second-order valence-corrected chi connectivity index (χ2v) is 7.82. The van der Waals surface area contributed by atoms with Crippen LogP contribution in [-0.4, -0.2) is 41.8 Å². The Morgan fingerprint density at radius 2 is 2.21 bits per heavy atom. The third kappa shape index (κ3) is 4.36. The van der Waals surface area contributed by atoms with Crippen LogP contribution in [0.5, 0.6) is 5.75 Å². The highest BCUT2D eigenvalue weighted by Crippen LogP contribution is 2.27. The van der Waals surface area contributed by atoms with Gasteiger partial charge in [-0.15, -0.1) is 11.3 Å². The molecule has 2 aromatic heterocycles. The molecule has 0 radical (unpaired) electrons. The molecule has 0 saturated carbocycles. The Hall–Kier alpha value is -2.80. The van der Waals surface area contributed by atoms with E-state index in [1.807, 2.05) is 37.3 Å². The Morgan fingerprint density at radius 1 is 1.36 bits per heavy atom. The number of thiophene rings is 1. The molecule has 6 nitrogen and oxygen atoms in total. The summed E-state index contributed by atoms with van der Waals surface area (Å²) in [5.41, 5.74) is 2.02. The average Bonchev–Trinajstić information content (AvgIpc) is 3.44. The van der Waals surface area contributed by atoms with Crippen molar-refractivity contribution in [2.45, 2.75) is 25.8 Å². The summed E-state index contributed by atoms with van der Waals surface area (Å²) in [5, 5.41) is 12.8. The Bertz CT molecular complexity index is 905. The lowest BCUT2D eigenvalue weighted by molar-refractivity contribution is -0.121. The van der Waals surface area contributed by atoms with Crippen molar-refractivity contribution in [2.75, 3.05) is 24.6 Å². The van der Waals surface area contributed by atoms with Gasteiger partial charge < -0.3 is 15.0 Å². The molecule has 1 amide bonds. The number of hydrogen-bond acceptors (Lipinski definition) is 5. The molecule has 3 heterocycles. The van der Waals surface area contributed by atoms with Crippen molar-refractivity contribution in [3.05, 3.63) is 53.4 Å². The normalized spacial score (nSPS) is 16.3. The van der Waals surface area contributed by atoms with Crippen molar-refractivity contribution >= 4 is 23.1 Å². The van der Waals surface area contributed by atoms with Gasteiger partial charge in [-0.25, -0.2) is 0 Å². The number of hydrogen-bond donors (Lipinski definition) is 2. The lowest BCUT2D eigenvalue weighted by atomic mass is 10.1. The highest BCUT2D eigenvalue weighted by atomic mass is 32.1. The molecule has 4 rings (SSSR count). The minimum absolute atomic E-state index is 0.0531. The van der Waals surface area contributed by atoms with Crippen LogP contribution < -0.4 is 15.0 Å². The number of ether oxygens (including phenoxy) is 1. The third-order valence-corrected chi connectivity index (χ3v) is 5.73. The SMILES string of the molecule is CCOc1ccc(CC(=O)N[C@@H]2CCN(c3cc(-c4cccs4)[nH]n3)C2)cc1. The maximum Gasteiger partial charge on any atom is 0.224 e. The van der Waals surface area contributed by atoms with Crippen LogP contribution in [0.4, 0.5) is 5.82 Å². The van der Waals surface area contributed by atoms with E-state index >= 15 is 0 Å². The first-order valence-electron chi connectivity index (χ1n) is 9.56. The van der Waals surface area contributed by atoms with E-state index < -0.39 is 0 Å². The number of nitrogens with zero attached hydrogens (tertiary/aromatic N) is 2. The van der Waals surface area contributed by atoms with Gasteiger partial charge in [0.15, 0.2) is 5.82 Å². The monoisotopic (exact) mass is 396 g/mol. The molecule has 7 heteroatoms. The zero-order chi connectivity index (χ0) is 19.3. The summed E-state index contributed by atoms with van der Waals surface area (Å²) in [6.45, 7) is 4.27. The molecule has 1 aromatic carbocycles. The number of benzene rings is 1. The molecule has 1 saturated heterocycles. The molecule has 0 unspecified atom stereocenters. The van der Waals surface area contributed by atoms with Crippen LogP contribution in [0.25, 0.3) is 10.6 Å². The first kappa shape index (κ1) is 18.6. The second-order valence-electron chi connectivity index (χ2n) is 6.87. The predicted molar refractivity (Wildman–Crippen MR) is 112 cm³/mol. The number of carbonyl (C=O) groups is 1. The number of nitrogens with one attached hydrogen (secondary N) is 2. The molecule has 1 aliphatic heterocycles. The Labute approximate surface area is 168 Å². The van der Waals surface area contributed by atoms with Crippen molar-refractivity contribution < 1.29 is 9.53 Å². The van der Waals surface area contributed by atoms with E-state index in [2.05, 4.69) is 37.9 Å². The fourth-order valence-electron chi connectivity index (χ4n) is 3.45. The largest absolute Gasteiger partial charge is 0.494 e. The number of aromatic nitrogens is 2. The quantitative estimate of drug-likeness (QED) is 0.642. The van der Waals surface area contributed by atoms with Gasteiger partial charge in [-0.3, -0.25) is 9.89 Å². The van der Waals surface area contributed by atoms with Gasteiger partial charge in [0.2, 0.25) is 5.91 Å². The standard InChI is InChI=1S/C21H24N4O2S/c1-2-27-17-7-5-15(6-8-17)12-21(26)22-16-9-10-25(14-16)20-13-18(23-24-20)19-4-3-11-28-19/h3-8,11,13,16H,2,9-10,12,14H2,1H3,(H,22,26)(H,23,24)/t16-/m1/s1. The summed E-state index contributed by atoms with van der Waals surface area (Å²) >= 11 is 1.69. The summed E-state index contributed by atoms with van der Waals surface area (Å²) in [5.74, 6) is 1.82. The summed E-state index contributed by atoms with van der Waals surface area (Å²) < 4.78 is 5.44. The number of H-pyrrole nitrogens is 1. The van der Waals surface area contributed by atoms with Crippen molar-refractivity contribution in [3.8, 4) is 16.3 Å². The van der Waals surface area contributed by atoms with Gasteiger partial charge >= 0.3 is 0 Å². The Kier molecular flexibility index (Phi) is 5.62. The van der Waals surface area contributed by atoms with E-state index in [1.165, 1.54) is 4.88 Å². The zero-order valence-electron chi connectivity index (χ0n) is 15.9. The number of anilines is 1. The maximum atomic E-state index is 12.4. The Balaban J connectivity index is 1.29. The molecule has 1 aliphatic rings. The van der Waals surface area contributed by atoms with Gasteiger partial charge in [-0.1, -0.05) is 18.2 Å². The summed E-state index contributed by atoms with van der Waals surface area (Å²) in [4.78, 5) is 15.8. The van der Waals surface area contributed by atoms with Crippen LogP contribution in [-0.2, 0) is 11.2 Å². The fraction of sp³-hybridized carbons (Fsp3) is 0.333. The molecule has 0 spiro atoms. The lowest BCUT2D eigenvalue weighted by Gasteiger charge is -2.16. The predicted octanol–water partition coefficient (Wildman–Crippen LogP) is 3.47. The van der Waals surface area contributed by atoms with Crippen LogP contribution in [0.3, 0.4) is 0 Å². The maximum absolute atomic E-state index is 12.4. The van der Waals surface area contributed by atoms with Crippen molar-refractivity contribution in [1.82, 2.24) is 15.5 Å². The van der Waals surface area contributed by atoms with E-state index in [-0.39, 0.29) is 11.9 Å². The molecular formula is C21H24N4O2S. The Morgan fingerprint density at radius 3 is 2.96 bits per heavy atom. The molecular weight excluding hydrogens is 372 g/mol. The molecule has 28 heavy (non-hydrogen) atoms. The molecule has 146 valence electrons. The summed E-state index contributed by atoms with van der Waals surface area (Å²) in [6.07, 6.45) is 1.31. The van der Waals surface area contributed by atoms with Gasteiger partial charge in [0.1, 0.15) is 5.75 Å². The van der Waals surface area contributed by atoms with E-state index in [1.54, 1.807) is 11.3 Å². The minimum Gasteiger partial charge on any atom is -0.494 e. The molecule has 0 bridgehead atoms. The van der Waals surface area contributed by atoms with Crippen LogP contribution >= 0.6 is 11.3 Å². The van der Waals surface area contributed by atoms with Crippen LogP contribution in [0.2, 0.25) is 0 Å². The number of carbonyl (C=O) groups excluding carboxylic acids is 1. The van der Waals surface area contributed by atoms with E-state index in [0.29, 0.717) is 13.0 Å². The van der Waals surface area contributed by atoms with Crippen molar-refractivity contribution in [3.63, 3.8) is 0 Å². The molecule has 3 aromatic rings. The van der Waals surface area contributed by atoms with Crippen LogP contribution in [0.1, 0.15) is 18.9 Å². The van der Waals surface area contributed by atoms with E-state index in [4.69, 9.17) is 4.74 Å². The summed E-state index contributed by atoms with van der Waals surface area (Å²) in [7, 11) is 0. The van der Waals surface area contributed by atoms with Gasteiger partial charge in [-0.2, -0.15) is 5.10 Å². The van der Waals surface area contributed by atoms with Crippen LogP contribution in [0, 0.1) is 0 Å². The second kappa shape index (κ2) is 8.48. The zero-order valence-corrected chi connectivity index (χ0v) is 16.7. The topological polar surface area (TPSA) is 70.2 Å². The minimum atomic E-state index is 0.0531. The number of amides is 1. The summed E-state index contributed by atoms with van der Waals surface area (Å²) in [6, 6.07) is 14.1. The van der Waals surface area contributed by atoms with Gasteiger partial charge in [0, 0.05) is 25.2 Å². The van der Waals surface area contributed by atoms with Crippen LogP contribution in [0.15, 0.2) is 47.8 Å². The smallest absolute Gasteiger partial charge is 0.224 e. The van der Waals surface area contributed by atoms with Gasteiger partial charge in [0.25, 0.3) is 0 Å². The molecule has 1 atom stereocenters. The highest BCUT2D eigenvalue weighted by molar-refractivity contribution is 7.13. The van der Waals surface area contributed by atoms with Gasteiger partial charge in [0.05, 0.1) is 23.6 Å². The molecule has 0 aliphatic carbocycles. The molecule has 2 N–H and O–H groups in total. The molecule has 1 fully saturated rings. The van der Waals surface area contributed by atoms with Gasteiger partial charge in [-0.05, 0) is 42.5 Å². The fourth-order valence-corrected chi connectivity index (χ4v) is 4.14. The first-order valence-corrected chi connectivity index (χ1v) is 10.4. The number of rotatable bonds is 7. The van der Waals surface area contributed by atoms with E-state index in [0.717, 1.165) is 42.3 Å². The van der Waals surface area contributed by atoms with E-state index in [9.17, 15) is 4.79 Å².